The zero-order valence-electron chi connectivity index (χ0n) is 8.95. The number of aryl methyl sites for hydroxylation is 1. The van der Waals surface area contributed by atoms with Crippen LogP contribution in [0.15, 0.2) is 35.5 Å². The van der Waals surface area contributed by atoms with Crippen molar-refractivity contribution >= 4 is 29.2 Å². The smallest absolute Gasteiger partial charge is 0.261 e. The van der Waals surface area contributed by atoms with Crippen LogP contribution in [0.1, 0.15) is 0 Å². The zero-order valence-corrected chi connectivity index (χ0v) is 9.84. The summed E-state index contributed by atoms with van der Waals surface area (Å²) in [4.78, 5) is 16.3. The fraction of sp³-hybridized carbons (Fsp3) is 0.182. The lowest BCUT2D eigenvalue weighted by atomic mass is 10.3. The van der Waals surface area contributed by atoms with Crippen molar-refractivity contribution in [1.29, 1.82) is 0 Å². The van der Waals surface area contributed by atoms with Gasteiger partial charge in [-0.2, -0.15) is 17.7 Å². The number of rotatable bonds is 2. The molecular formula is C11H10N4OS. The summed E-state index contributed by atoms with van der Waals surface area (Å²) in [6.45, 7) is 0.592. The van der Waals surface area contributed by atoms with E-state index in [1.54, 1.807) is 33.7 Å². The van der Waals surface area contributed by atoms with E-state index in [0.29, 0.717) is 17.7 Å². The van der Waals surface area contributed by atoms with Crippen LogP contribution in [0.3, 0.4) is 0 Å². The zero-order chi connectivity index (χ0) is 11.8. The Bertz CT molecular complexity index is 746. The van der Waals surface area contributed by atoms with Crippen LogP contribution in [0.4, 0.5) is 0 Å². The minimum Gasteiger partial charge on any atom is -0.314 e. The third-order valence-electron chi connectivity index (χ3n) is 2.70. The second kappa shape index (κ2) is 3.89. The first-order chi connectivity index (χ1) is 8.31. The molecule has 0 aromatic carbocycles. The van der Waals surface area contributed by atoms with E-state index in [-0.39, 0.29) is 5.56 Å². The van der Waals surface area contributed by atoms with Gasteiger partial charge in [0.2, 0.25) is 0 Å². The molecule has 3 aromatic heterocycles. The van der Waals surface area contributed by atoms with Crippen molar-refractivity contribution in [2.24, 2.45) is 0 Å². The predicted octanol–water partition coefficient (Wildman–Crippen LogP) is 0.974. The lowest BCUT2D eigenvalue weighted by Crippen LogP contribution is -2.21. The Morgan fingerprint density at radius 2 is 2.24 bits per heavy atom. The summed E-state index contributed by atoms with van der Waals surface area (Å²) < 4.78 is 3.30. The molecule has 0 N–H and O–H groups in total. The predicted molar refractivity (Wildman–Crippen MR) is 68.6 cm³/mol. The van der Waals surface area contributed by atoms with Crippen LogP contribution in [0.2, 0.25) is 0 Å². The number of pyridine rings is 1. The lowest BCUT2D eigenvalue weighted by Gasteiger charge is -2.05. The molecule has 6 heteroatoms. The molecule has 0 saturated heterocycles. The largest absolute Gasteiger partial charge is 0.314 e. The van der Waals surface area contributed by atoms with Crippen LogP contribution in [-0.4, -0.2) is 24.9 Å². The summed E-state index contributed by atoms with van der Waals surface area (Å²) in [5.74, 6) is 0.628. The Balaban J connectivity index is 2.40. The van der Waals surface area contributed by atoms with E-state index in [0.717, 1.165) is 11.2 Å². The molecule has 86 valence electrons. The van der Waals surface area contributed by atoms with Crippen LogP contribution in [-0.2, 0) is 6.54 Å². The number of aromatic nitrogens is 4. The molecule has 17 heavy (non-hydrogen) atoms. The van der Waals surface area contributed by atoms with Crippen molar-refractivity contribution in [2.45, 2.75) is 6.54 Å². The number of hydrogen-bond acceptors (Lipinski definition) is 4. The summed E-state index contributed by atoms with van der Waals surface area (Å²) in [7, 11) is 0. The van der Waals surface area contributed by atoms with Crippen molar-refractivity contribution in [3.05, 3.63) is 41.1 Å². The Labute approximate surface area is 102 Å². The van der Waals surface area contributed by atoms with Gasteiger partial charge in [0, 0.05) is 30.8 Å². The number of thiol groups is 1. The summed E-state index contributed by atoms with van der Waals surface area (Å²) >= 11 is 4.13. The summed E-state index contributed by atoms with van der Waals surface area (Å²) in [5, 5.41) is 4.73. The van der Waals surface area contributed by atoms with Crippen LogP contribution in [0.25, 0.3) is 16.6 Å². The van der Waals surface area contributed by atoms with Crippen molar-refractivity contribution in [1.82, 2.24) is 19.2 Å². The number of fused-ring (bicyclic) bond motifs is 3. The third-order valence-corrected chi connectivity index (χ3v) is 2.90. The Morgan fingerprint density at radius 1 is 1.35 bits per heavy atom. The van der Waals surface area contributed by atoms with Gasteiger partial charge < -0.3 is 4.57 Å². The van der Waals surface area contributed by atoms with Crippen LogP contribution in [0, 0.1) is 0 Å². The molecule has 5 nitrogen and oxygen atoms in total. The molecule has 0 fully saturated rings. The van der Waals surface area contributed by atoms with Gasteiger partial charge in [-0.1, -0.05) is 0 Å². The van der Waals surface area contributed by atoms with Gasteiger partial charge in [-0.15, -0.1) is 0 Å². The molecule has 0 bridgehead atoms. The number of nitrogens with zero attached hydrogens (tertiary/aromatic N) is 4. The third kappa shape index (κ3) is 1.52. The van der Waals surface area contributed by atoms with Gasteiger partial charge in [0.25, 0.3) is 5.56 Å². The van der Waals surface area contributed by atoms with Gasteiger partial charge in [0.15, 0.2) is 5.65 Å². The second-order valence-corrected chi connectivity index (χ2v) is 4.14. The molecule has 3 rings (SSSR count). The normalized spacial score (nSPS) is 11.4. The molecule has 0 atom stereocenters. The van der Waals surface area contributed by atoms with E-state index >= 15 is 0 Å². The summed E-state index contributed by atoms with van der Waals surface area (Å²) in [6, 6.07) is 3.68. The monoisotopic (exact) mass is 246 g/mol. The van der Waals surface area contributed by atoms with E-state index in [9.17, 15) is 4.79 Å². The SMILES string of the molecule is O=c1c2cnc3ccnn3c2ccn1CCS. The number of hydrogen-bond donors (Lipinski definition) is 1. The molecule has 0 aliphatic rings. The average molecular weight is 246 g/mol. The van der Waals surface area contributed by atoms with Gasteiger partial charge in [-0.05, 0) is 6.07 Å². The van der Waals surface area contributed by atoms with E-state index in [4.69, 9.17) is 0 Å². The minimum atomic E-state index is -0.0542. The molecule has 3 aromatic rings. The highest BCUT2D eigenvalue weighted by molar-refractivity contribution is 7.80. The molecule has 0 aliphatic heterocycles. The summed E-state index contributed by atoms with van der Waals surface area (Å²) in [5.41, 5.74) is 1.46. The fourth-order valence-electron chi connectivity index (χ4n) is 1.88. The van der Waals surface area contributed by atoms with Gasteiger partial charge in [-0.25, -0.2) is 9.50 Å². The van der Waals surface area contributed by atoms with Crippen LogP contribution < -0.4 is 5.56 Å². The van der Waals surface area contributed by atoms with Crippen molar-refractivity contribution in [3.63, 3.8) is 0 Å². The maximum absolute atomic E-state index is 12.1. The first-order valence-corrected chi connectivity index (χ1v) is 5.87. The highest BCUT2D eigenvalue weighted by Crippen LogP contribution is 2.10. The molecule has 0 radical (unpaired) electrons. The standard InChI is InChI=1S/C11H10N4OS/c16-11-8-7-12-10-1-3-13-15(10)9(8)2-4-14(11)5-6-17/h1-4,7,17H,5-6H2. The Morgan fingerprint density at radius 3 is 3.06 bits per heavy atom. The first-order valence-electron chi connectivity index (χ1n) is 5.24. The fourth-order valence-corrected chi connectivity index (χ4v) is 2.10. The van der Waals surface area contributed by atoms with E-state index < -0.39 is 0 Å². The van der Waals surface area contributed by atoms with Gasteiger partial charge in [-0.3, -0.25) is 4.79 Å². The first kappa shape index (κ1) is 10.3. The Hall–Kier alpha value is -1.82. The highest BCUT2D eigenvalue weighted by atomic mass is 32.1. The van der Waals surface area contributed by atoms with E-state index in [1.807, 2.05) is 6.07 Å². The van der Waals surface area contributed by atoms with Crippen molar-refractivity contribution in [3.8, 4) is 0 Å². The maximum Gasteiger partial charge on any atom is 0.261 e. The van der Waals surface area contributed by atoms with Gasteiger partial charge in [0.05, 0.1) is 17.1 Å². The van der Waals surface area contributed by atoms with E-state index in [1.165, 1.54) is 0 Å². The summed E-state index contributed by atoms with van der Waals surface area (Å²) in [6.07, 6.45) is 5.03. The molecule has 0 amide bonds. The van der Waals surface area contributed by atoms with E-state index in [2.05, 4.69) is 22.7 Å². The minimum absolute atomic E-state index is 0.0542. The molecule has 0 aliphatic carbocycles. The van der Waals surface area contributed by atoms with Gasteiger partial charge >= 0.3 is 0 Å². The topological polar surface area (TPSA) is 52.2 Å². The van der Waals surface area contributed by atoms with Crippen molar-refractivity contribution < 1.29 is 0 Å². The molecule has 0 spiro atoms. The van der Waals surface area contributed by atoms with Crippen LogP contribution in [0.5, 0.6) is 0 Å². The molecular weight excluding hydrogens is 236 g/mol. The lowest BCUT2D eigenvalue weighted by molar-refractivity contribution is 0.742. The van der Waals surface area contributed by atoms with Crippen molar-refractivity contribution in [2.75, 3.05) is 5.75 Å². The Kier molecular flexibility index (Phi) is 2.36. The quantitative estimate of drug-likeness (QED) is 0.686. The molecule has 0 saturated carbocycles. The second-order valence-electron chi connectivity index (χ2n) is 3.70. The maximum atomic E-state index is 12.1. The molecule has 0 unspecified atom stereocenters. The molecule has 3 heterocycles. The highest BCUT2D eigenvalue weighted by Gasteiger charge is 2.06. The van der Waals surface area contributed by atoms with Crippen LogP contribution >= 0.6 is 12.6 Å². The van der Waals surface area contributed by atoms with Gasteiger partial charge in [0.1, 0.15) is 0 Å². The average Bonchev–Trinajstić information content (AvgIpc) is 2.81.